The van der Waals surface area contributed by atoms with Crippen molar-refractivity contribution < 1.29 is 13.2 Å². The molecule has 8 nitrogen and oxygen atoms in total. The summed E-state index contributed by atoms with van der Waals surface area (Å²) in [5.74, 6) is 2.36. The number of piperazine rings is 1. The molecular formula is C20H34IN5O3S. The van der Waals surface area contributed by atoms with E-state index in [0.717, 1.165) is 51.0 Å². The van der Waals surface area contributed by atoms with Crippen LogP contribution in [0.5, 0.6) is 5.75 Å². The predicted molar refractivity (Wildman–Crippen MR) is 133 cm³/mol. The predicted octanol–water partition coefficient (Wildman–Crippen LogP) is 1.13. The van der Waals surface area contributed by atoms with Crippen LogP contribution in [0, 0.1) is 0 Å². The Kier molecular flexibility index (Phi) is 9.95. The first-order valence-electron chi connectivity index (χ1n) is 10.4. The molecule has 170 valence electrons. The Balaban J connectivity index is 0.00000320. The van der Waals surface area contributed by atoms with E-state index in [1.165, 1.54) is 5.69 Å². The number of nitrogens with zero attached hydrogens (tertiary/aromatic N) is 4. The summed E-state index contributed by atoms with van der Waals surface area (Å²) in [5.41, 5.74) is 1.19. The second-order valence-electron chi connectivity index (χ2n) is 7.40. The number of rotatable bonds is 6. The molecule has 3 rings (SSSR count). The van der Waals surface area contributed by atoms with E-state index in [9.17, 15) is 8.42 Å². The fourth-order valence-electron chi connectivity index (χ4n) is 3.68. The fraction of sp³-hybridized carbons (Fsp3) is 0.650. The minimum atomic E-state index is -2.83. The van der Waals surface area contributed by atoms with E-state index in [1.807, 2.05) is 12.1 Å². The molecule has 1 aromatic carbocycles. The largest absolute Gasteiger partial charge is 0.497 e. The molecule has 0 aromatic heterocycles. The van der Waals surface area contributed by atoms with Gasteiger partial charge < -0.3 is 19.9 Å². The van der Waals surface area contributed by atoms with Gasteiger partial charge in [-0.25, -0.2) is 8.42 Å². The first-order chi connectivity index (χ1) is 14.0. The van der Waals surface area contributed by atoms with Gasteiger partial charge in [0.15, 0.2) is 15.8 Å². The van der Waals surface area contributed by atoms with Gasteiger partial charge in [-0.1, -0.05) is 6.07 Å². The molecule has 0 spiro atoms. The summed E-state index contributed by atoms with van der Waals surface area (Å²) in [5, 5.41) is 3.40. The molecule has 0 saturated carbocycles. The molecule has 2 saturated heterocycles. The third-order valence-electron chi connectivity index (χ3n) is 5.45. The van der Waals surface area contributed by atoms with Gasteiger partial charge in [-0.2, -0.15) is 0 Å². The average Bonchev–Trinajstić information content (AvgIpc) is 2.74. The number of hydrogen-bond donors (Lipinski definition) is 1. The van der Waals surface area contributed by atoms with Crippen molar-refractivity contribution in [2.45, 2.75) is 6.92 Å². The summed E-state index contributed by atoms with van der Waals surface area (Å²) in [6.07, 6.45) is 0. The molecule has 0 atom stereocenters. The van der Waals surface area contributed by atoms with Crippen molar-refractivity contribution in [2.24, 2.45) is 4.99 Å². The molecule has 30 heavy (non-hydrogen) atoms. The van der Waals surface area contributed by atoms with Crippen molar-refractivity contribution in [1.29, 1.82) is 0 Å². The Morgan fingerprint density at radius 1 is 1.13 bits per heavy atom. The Hall–Kier alpha value is -1.27. The number of ether oxygens (including phenoxy) is 1. The number of sulfone groups is 1. The van der Waals surface area contributed by atoms with Crippen LogP contribution in [-0.2, 0) is 9.84 Å². The van der Waals surface area contributed by atoms with Crippen molar-refractivity contribution in [3.8, 4) is 5.75 Å². The quantitative estimate of drug-likeness (QED) is 0.323. The van der Waals surface area contributed by atoms with Crippen LogP contribution < -0.4 is 15.0 Å². The monoisotopic (exact) mass is 551 g/mol. The third kappa shape index (κ3) is 7.16. The lowest BCUT2D eigenvalue weighted by molar-refractivity contribution is 0.302. The van der Waals surface area contributed by atoms with E-state index in [1.54, 1.807) is 7.11 Å². The summed E-state index contributed by atoms with van der Waals surface area (Å²) in [6.45, 7) is 9.31. The highest BCUT2D eigenvalue weighted by atomic mass is 127. The lowest BCUT2D eigenvalue weighted by Crippen LogP contribution is -2.52. The van der Waals surface area contributed by atoms with Crippen LogP contribution in [0.15, 0.2) is 29.3 Å². The molecule has 0 amide bonds. The number of benzene rings is 1. The molecule has 0 aliphatic carbocycles. The van der Waals surface area contributed by atoms with Crippen LogP contribution in [0.4, 0.5) is 5.69 Å². The Morgan fingerprint density at radius 3 is 2.47 bits per heavy atom. The molecule has 10 heteroatoms. The van der Waals surface area contributed by atoms with Crippen LogP contribution in [0.25, 0.3) is 0 Å². The van der Waals surface area contributed by atoms with E-state index in [0.29, 0.717) is 19.6 Å². The highest BCUT2D eigenvalue weighted by Gasteiger charge is 2.22. The average molecular weight is 551 g/mol. The van der Waals surface area contributed by atoms with E-state index in [-0.39, 0.29) is 35.5 Å². The van der Waals surface area contributed by atoms with Crippen LogP contribution in [-0.4, -0.2) is 102 Å². The summed E-state index contributed by atoms with van der Waals surface area (Å²) >= 11 is 0. The highest BCUT2D eigenvalue weighted by molar-refractivity contribution is 14.0. The summed E-state index contributed by atoms with van der Waals surface area (Å²) in [4.78, 5) is 11.7. The van der Waals surface area contributed by atoms with Crippen molar-refractivity contribution in [3.05, 3.63) is 24.3 Å². The molecular weight excluding hydrogens is 517 g/mol. The smallest absolute Gasteiger partial charge is 0.194 e. The minimum absolute atomic E-state index is 0. The van der Waals surface area contributed by atoms with Crippen LogP contribution in [0.3, 0.4) is 0 Å². The molecule has 0 radical (unpaired) electrons. The zero-order valence-corrected chi connectivity index (χ0v) is 21.1. The maximum atomic E-state index is 11.6. The van der Waals surface area contributed by atoms with E-state index < -0.39 is 9.84 Å². The number of anilines is 1. The second-order valence-corrected chi connectivity index (χ2v) is 9.71. The van der Waals surface area contributed by atoms with Gasteiger partial charge in [0, 0.05) is 64.1 Å². The number of methoxy groups -OCH3 is 1. The summed E-state index contributed by atoms with van der Waals surface area (Å²) in [6, 6.07) is 8.19. The first-order valence-corrected chi connectivity index (χ1v) is 12.2. The zero-order valence-electron chi connectivity index (χ0n) is 17.9. The number of aliphatic imine (C=N–C) groups is 1. The lowest BCUT2D eigenvalue weighted by atomic mass is 10.2. The van der Waals surface area contributed by atoms with Crippen molar-refractivity contribution in [2.75, 3.05) is 82.4 Å². The van der Waals surface area contributed by atoms with Crippen molar-refractivity contribution in [1.82, 2.24) is 15.1 Å². The second kappa shape index (κ2) is 11.9. The zero-order chi connectivity index (χ0) is 20.7. The van der Waals surface area contributed by atoms with Crippen LogP contribution in [0.2, 0.25) is 0 Å². The van der Waals surface area contributed by atoms with Gasteiger partial charge in [0.25, 0.3) is 0 Å². The Morgan fingerprint density at radius 2 is 1.83 bits per heavy atom. The Labute approximate surface area is 197 Å². The number of nitrogens with one attached hydrogen (secondary N) is 1. The first kappa shape index (κ1) is 25.0. The van der Waals surface area contributed by atoms with Gasteiger partial charge in [-0.3, -0.25) is 9.89 Å². The highest BCUT2D eigenvalue weighted by Crippen LogP contribution is 2.22. The molecule has 1 aromatic rings. The molecule has 2 fully saturated rings. The summed E-state index contributed by atoms with van der Waals surface area (Å²) in [7, 11) is -1.13. The molecule has 2 aliphatic rings. The fourth-order valence-corrected chi connectivity index (χ4v) is 4.96. The van der Waals surface area contributed by atoms with Gasteiger partial charge in [0.1, 0.15) is 5.75 Å². The number of hydrogen-bond acceptors (Lipinski definition) is 6. The number of guanidine groups is 1. The van der Waals surface area contributed by atoms with Crippen LogP contribution in [0.1, 0.15) is 6.92 Å². The van der Waals surface area contributed by atoms with Gasteiger partial charge in [0.05, 0.1) is 25.2 Å². The molecule has 2 heterocycles. The van der Waals surface area contributed by atoms with E-state index >= 15 is 0 Å². The van der Waals surface area contributed by atoms with Crippen molar-refractivity contribution >= 4 is 45.5 Å². The van der Waals surface area contributed by atoms with Crippen molar-refractivity contribution in [3.63, 3.8) is 0 Å². The summed E-state index contributed by atoms with van der Waals surface area (Å²) < 4.78 is 28.4. The Bertz CT molecular complexity index is 783. The van der Waals surface area contributed by atoms with Crippen LogP contribution >= 0.6 is 24.0 Å². The normalized spacial score (nSPS) is 19.9. The number of halogens is 1. The van der Waals surface area contributed by atoms with Gasteiger partial charge >= 0.3 is 0 Å². The SMILES string of the molecule is CCNC(=NCCN1CCS(=O)(=O)CC1)N1CCN(c2cccc(OC)c2)CC1.I. The van der Waals surface area contributed by atoms with E-state index in [2.05, 4.69) is 39.1 Å². The lowest BCUT2D eigenvalue weighted by Gasteiger charge is -2.38. The molecule has 1 N–H and O–H groups in total. The van der Waals surface area contributed by atoms with E-state index in [4.69, 9.17) is 9.73 Å². The topological polar surface area (TPSA) is 77.5 Å². The maximum absolute atomic E-state index is 11.6. The maximum Gasteiger partial charge on any atom is 0.194 e. The molecule has 0 bridgehead atoms. The van der Waals surface area contributed by atoms with Gasteiger partial charge in [-0.05, 0) is 19.1 Å². The molecule has 0 unspecified atom stereocenters. The standard InChI is InChI=1S/C20H33N5O3S.HI/c1-3-21-20(22-7-8-23-13-15-29(26,27)16-14-23)25-11-9-24(10-12-25)18-5-4-6-19(17-18)28-2;/h4-6,17H,3,7-16H2,1-2H3,(H,21,22);1H. The van der Waals surface area contributed by atoms with Gasteiger partial charge in [-0.15, -0.1) is 24.0 Å². The minimum Gasteiger partial charge on any atom is -0.497 e. The van der Waals surface area contributed by atoms with Gasteiger partial charge in [0.2, 0.25) is 0 Å². The third-order valence-corrected chi connectivity index (χ3v) is 7.06. The molecule has 2 aliphatic heterocycles.